The Hall–Kier alpha value is -0.110. The third-order valence-electron chi connectivity index (χ3n) is 0.846. The number of hydrogen-bond donors (Lipinski definition) is 1. The van der Waals surface area contributed by atoms with Gasteiger partial charge in [-0.25, -0.2) is 0 Å². The molecule has 0 saturated carbocycles. The highest BCUT2D eigenvalue weighted by Crippen LogP contribution is 2.01. The second-order valence-corrected chi connectivity index (χ2v) is 2.74. The van der Waals surface area contributed by atoms with Gasteiger partial charge in [-0.3, -0.25) is 0 Å². The molecule has 0 radical (unpaired) electrons. The Kier molecular flexibility index (Phi) is 4.97. The van der Waals surface area contributed by atoms with Gasteiger partial charge >= 0.3 is 0 Å². The fourth-order valence-corrected chi connectivity index (χ4v) is 0.877. The molecule has 0 aromatic rings. The molecule has 2 N–H and O–H groups in total. The summed E-state index contributed by atoms with van der Waals surface area (Å²) in [7, 11) is 0. The number of allylic oxidation sites excluding steroid dienone is 1. The van der Waals surface area contributed by atoms with Gasteiger partial charge in [-0.15, -0.1) is 0 Å². The van der Waals surface area contributed by atoms with E-state index in [4.69, 9.17) is 5.73 Å². The molecule has 2 heteroatoms. The molecule has 0 fully saturated rings. The SMILES string of the molecule is C=C(N)CCCSC. The Morgan fingerprint density at radius 1 is 1.75 bits per heavy atom. The van der Waals surface area contributed by atoms with Gasteiger partial charge in [0.1, 0.15) is 0 Å². The van der Waals surface area contributed by atoms with E-state index in [1.165, 1.54) is 5.75 Å². The quantitative estimate of drug-likeness (QED) is 0.586. The molecular weight excluding hydrogens is 118 g/mol. The average Bonchev–Trinajstić information content (AvgIpc) is 1.66. The van der Waals surface area contributed by atoms with Crippen LogP contribution in [0.2, 0.25) is 0 Å². The van der Waals surface area contributed by atoms with Crippen molar-refractivity contribution in [2.24, 2.45) is 5.73 Å². The average molecular weight is 131 g/mol. The van der Waals surface area contributed by atoms with Gasteiger partial charge in [0.15, 0.2) is 0 Å². The largest absolute Gasteiger partial charge is 0.403 e. The van der Waals surface area contributed by atoms with Gasteiger partial charge in [0.2, 0.25) is 0 Å². The zero-order chi connectivity index (χ0) is 6.41. The number of hydrogen-bond acceptors (Lipinski definition) is 2. The molecule has 48 valence electrons. The predicted molar refractivity (Wildman–Crippen MR) is 40.9 cm³/mol. The van der Waals surface area contributed by atoms with Crippen molar-refractivity contribution in [3.63, 3.8) is 0 Å². The standard InChI is InChI=1S/C6H13NS/c1-6(7)4-3-5-8-2/h1,3-5,7H2,2H3. The molecule has 0 aromatic heterocycles. The van der Waals surface area contributed by atoms with Gasteiger partial charge in [0.05, 0.1) is 0 Å². The molecule has 0 rings (SSSR count). The van der Waals surface area contributed by atoms with Crippen LogP contribution in [0.15, 0.2) is 12.3 Å². The summed E-state index contributed by atoms with van der Waals surface area (Å²) in [5.41, 5.74) is 6.13. The van der Waals surface area contributed by atoms with Crippen LogP contribution in [-0.2, 0) is 0 Å². The van der Waals surface area contributed by atoms with Crippen LogP contribution in [-0.4, -0.2) is 12.0 Å². The molecule has 0 aromatic carbocycles. The molecule has 0 bridgehead atoms. The second kappa shape index (κ2) is 5.04. The summed E-state index contributed by atoms with van der Waals surface area (Å²) >= 11 is 1.85. The van der Waals surface area contributed by atoms with E-state index < -0.39 is 0 Å². The summed E-state index contributed by atoms with van der Waals surface area (Å²) in [5, 5.41) is 0. The van der Waals surface area contributed by atoms with Gasteiger partial charge < -0.3 is 5.73 Å². The predicted octanol–water partition coefficient (Wildman–Crippen LogP) is 1.60. The van der Waals surface area contributed by atoms with Crippen molar-refractivity contribution in [1.82, 2.24) is 0 Å². The monoisotopic (exact) mass is 131 g/mol. The Bertz CT molecular complexity index is 70.9. The molecule has 0 unspecified atom stereocenters. The van der Waals surface area contributed by atoms with E-state index in [1.807, 2.05) is 11.8 Å². The fraction of sp³-hybridized carbons (Fsp3) is 0.667. The van der Waals surface area contributed by atoms with Gasteiger partial charge in [-0.2, -0.15) is 11.8 Å². The fourth-order valence-electron chi connectivity index (χ4n) is 0.444. The van der Waals surface area contributed by atoms with Gasteiger partial charge in [0, 0.05) is 5.70 Å². The molecule has 0 aliphatic carbocycles. The number of nitrogens with two attached hydrogens (primary N) is 1. The number of thioether (sulfide) groups is 1. The van der Waals surface area contributed by atoms with Crippen LogP contribution in [0.3, 0.4) is 0 Å². The van der Waals surface area contributed by atoms with Crippen molar-refractivity contribution in [3.8, 4) is 0 Å². The summed E-state index contributed by atoms with van der Waals surface area (Å²) in [5.74, 6) is 1.19. The summed E-state index contributed by atoms with van der Waals surface area (Å²) in [6, 6.07) is 0. The van der Waals surface area contributed by atoms with Gasteiger partial charge in [0.25, 0.3) is 0 Å². The van der Waals surface area contributed by atoms with Crippen LogP contribution < -0.4 is 5.73 Å². The van der Waals surface area contributed by atoms with Crippen molar-refractivity contribution < 1.29 is 0 Å². The third-order valence-corrected chi connectivity index (χ3v) is 1.54. The van der Waals surface area contributed by atoms with Crippen molar-refractivity contribution in [3.05, 3.63) is 12.3 Å². The van der Waals surface area contributed by atoms with Gasteiger partial charge in [-0.05, 0) is 24.9 Å². The van der Waals surface area contributed by atoms with E-state index in [9.17, 15) is 0 Å². The Labute approximate surface area is 55.3 Å². The third kappa shape index (κ3) is 5.89. The normalized spacial score (nSPS) is 9.12. The van der Waals surface area contributed by atoms with Crippen molar-refractivity contribution in [1.29, 1.82) is 0 Å². The highest BCUT2D eigenvalue weighted by molar-refractivity contribution is 7.98. The first-order chi connectivity index (χ1) is 3.77. The van der Waals surface area contributed by atoms with Crippen LogP contribution in [0, 0.1) is 0 Å². The minimum Gasteiger partial charge on any atom is -0.403 e. The molecule has 0 spiro atoms. The second-order valence-electron chi connectivity index (χ2n) is 1.75. The molecule has 8 heavy (non-hydrogen) atoms. The zero-order valence-electron chi connectivity index (χ0n) is 5.31. The first-order valence-corrected chi connectivity index (χ1v) is 4.09. The molecule has 0 amide bonds. The van der Waals surface area contributed by atoms with Crippen LogP contribution in [0.5, 0.6) is 0 Å². The van der Waals surface area contributed by atoms with E-state index in [1.54, 1.807) is 0 Å². The maximum absolute atomic E-state index is 5.33. The minimum absolute atomic E-state index is 0.805. The van der Waals surface area contributed by atoms with E-state index in [-0.39, 0.29) is 0 Å². The highest BCUT2D eigenvalue weighted by Gasteiger charge is 1.85. The van der Waals surface area contributed by atoms with E-state index >= 15 is 0 Å². The smallest absolute Gasteiger partial charge is 0.000774 e. The van der Waals surface area contributed by atoms with E-state index in [2.05, 4.69) is 12.8 Å². The maximum Gasteiger partial charge on any atom is 0.000774 e. The van der Waals surface area contributed by atoms with E-state index in [0.29, 0.717) is 0 Å². The van der Waals surface area contributed by atoms with Crippen molar-refractivity contribution >= 4 is 11.8 Å². The molecule has 1 nitrogen and oxygen atoms in total. The Morgan fingerprint density at radius 2 is 2.38 bits per heavy atom. The van der Waals surface area contributed by atoms with Crippen LogP contribution >= 0.6 is 11.8 Å². The summed E-state index contributed by atoms with van der Waals surface area (Å²) < 4.78 is 0. The lowest BCUT2D eigenvalue weighted by molar-refractivity contribution is 0.908. The molecule has 0 atom stereocenters. The van der Waals surface area contributed by atoms with Crippen LogP contribution in [0.1, 0.15) is 12.8 Å². The molecule has 0 aliphatic heterocycles. The number of rotatable bonds is 4. The van der Waals surface area contributed by atoms with Crippen molar-refractivity contribution in [2.45, 2.75) is 12.8 Å². The highest BCUT2D eigenvalue weighted by atomic mass is 32.2. The van der Waals surface area contributed by atoms with Crippen LogP contribution in [0.25, 0.3) is 0 Å². The summed E-state index contributed by atoms with van der Waals surface area (Å²) in [4.78, 5) is 0. The lowest BCUT2D eigenvalue weighted by Gasteiger charge is -1.95. The Morgan fingerprint density at radius 3 is 2.75 bits per heavy atom. The molecule has 0 saturated heterocycles. The topological polar surface area (TPSA) is 26.0 Å². The van der Waals surface area contributed by atoms with Crippen molar-refractivity contribution in [2.75, 3.05) is 12.0 Å². The van der Waals surface area contributed by atoms with Gasteiger partial charge in [-0.1, -0.05) is 6.58 Å². The Balaban J connectivity index is 2.82. The lowest BCUT2D eigenvalue weighted by atomic mass is 10.3. The molecule has 0 heterocycles. The summed E-state index contributed by atoms with van der Waals surface area (Å²) in [6.07, 6.45) is 4.23. The first kappa shape index (κ1) is 7.89. The van der Waals surface area contributed by atoms with Crippen LogP contribution in [0.4, 0.5) is 0 Å². The lowest BCUT2D eigenvalue weighted by Crippen LogP contribution is -1.94. The molecular formula is C6H13NS. The summed E-state index contributed by atoms with van der Waals surface area (Å²) in [6.45, 7) is 3.60. The molecule has 0 aliphatic rings. The van der Waals surface area contributed by atoms with E-state index in [0.717, 1.165) is 18.5 Å². The maximum atomic E-state index is 5.33. The first-order valence-electron chi connectivity index (χ1n) is 2.69. The zero-order valence-corrected chi connectivity index (χ0v) is 6.13. The minimum atomic E-state index is 0.805.